The number of piperazine rings is 1. The maximum absolute atomic E-state index is 12.1. The molecule has 1 heterocycles. The van der Waals surface area contributed by atoms with E-state index in [-0.39, 0.29) is 5.91 Å². The summed E-state index contributed by atoms with van der Waals surface area (Å²) in [4.78, 5) is 15.3. The Morgan fingerprint density at radius 2 is 1.68 bits per heavy atom. The van der Waals surface area contributed by atoms with Gasteiger partial charge in [0, 0.05) is 16.3 Å². The molecule has 0 saturated carbocycles. The lowest BCUT2D eigenvalue weighted by Crippen LogP contribution is -3.27. The molecule has 2 aromatic carbocycles. The van der Waals surface area contributed by atoms with Gasteiger partial charge in [-0.2, -0.15) is 0 Å². The molecule has 4 nitrogen and oxygen atoms in total. The van der Waals surface area contributed by atoms with Crippen LogP contribution >= 0.6 is 11.6 Å². The van der Waals surface area contributed by atoms with E-state index in [1.165, 1.54) is 23.6 Å². The summed E-state index contributed by atoms with van der Waals surface area (Å²) in [5.74, 6) is 0.0637. The number of hydrogen-bond donors (Lipinski definition) is 3. The van der Waals surface area contributed by atoms with Crippen molar-refractivity contribution in [2.75, 3.05) is 38.0 Å². The number of anilines is 1. The van der Waals surface area contributed by atoms with Crippen LogP contribution in [-0.2, 0) is 11.3 Å². The Kier molecular flexibility index (Phi) is 6.45. The van der Waals surface area contributed by atoms with Gasteiger partial charge in [0.2, 0.25) is 5.91 Å². The Bertz CT molecular complexity index is 684. The Balaban J connectivity index is 1.37. The lowest BCUT2D eigenvalue weighted by atomic mass is 10.2. The summed E-state index contributed by atoms with van der Waals surface area (Å²) in [7, 11) is 0. The molecule has 0 aliphatic carbocycles. The Labute approximate surface area is 154 Å². The summed E-state index contributed by atoms with van der Waals surface area (Å²) in [5.41, 5.74) is 2.17. The average Bonchev–Trinajstić information content (AvgIpc) is 2.62. The van der Waals surface area contributed by atoms with Crippen LogP contribution in [-0.4, -0.2) is 38.6 Å². The molecule has 0 radical (unpaired) electrons. The van der Waals surface area contributed by atoms with Gasteiger partial charge >= 0.3 is 0 Å². The third kappa shape index (κ3) is 5.85. The van der Waals surface area contributed by atoms with Crippen molar-refractivity contribution in [1.82, 2.24) is 0 Å². The Morgan fingerprint density at radius 3 is 2.40 bits per heavy atom. The number of hydrogen-bond acceptors (Lipinski definition) is 1. The van der Waals surface area contributed by atoms with E-state index >= 15 is 0 Å². The van der Waals surface area contributed by atoms with Crippen molar-refractivity contribution in [2.24, 2.45) is 0 Å². The molecule has 1 amide bonds. The van der Waals surface area contributed by atoms with E-state index in [2.05, 4.69) is 35.6 Å². The van der Waals surface area contributed by atoms with Crippen LogP contribution in [0, 0.1) is 0 Å². The number of quaternary nitrogens is 2. The van der Waals surface area contributed by atoms with Gasteiger partial charge in [0.1, 0.15) is 32.7 Å². The summed E-state index contributed by atoms with van der Waals surface area (Å²) in [6, 6.07) is 18.0. The zero-order valence-electron chi connectivity index (χ0n) is 14.4. The highest BCUT2D eigenvalue weighted by Gasteiger charge is 2.23. The predicted octanol–water partition coefficient (Wildman–Crippen LogP) is 0.652. The summed E-state index contributed by atoms with van der Waals surface area (Å²) < 4.78 is 0. The van der Waals surface area contributed by atoms with Crippen LogP contribution in [0.5, 0.6) is 0 Å². The van der Waals surface area contributed by atoms with E-state index in [0.717, 1.165) is 31.9 Å². The Morgan fingerprint density at radius 1 is 0.960 bits per heavy atom. The second-order valence-corrected chi connectivity index (χ2v) is 7.16. The van der Waals surface area contributed by atoms with Crippen molar-refractivity contribution in [2.45, 2.75) is 13.0 Å². The first kappa shape index (κ1) is 17.9. The fraction of sp³-hybridized carbons (Fsp3) is 0.350. The molecule has 0 spiro atoms. The molecule has 1 saturated heterocycles. The summed E-state index contributed by atoms with van der Waals surface area (Å²) in [6.45, 7) is 6.59. The topological polar surface area (TPSA) is 38.0 Å². The molecular weight excluding hydrogens is 334 g/mol. The number of amides is 1. The van der Waals surface area contributed by atoms with E-state index < -0.39 is 0 Å². The van der Waals surface area contributed by atoms with E-state index in [4.69, 9.17) is 11.6 Å². The first-order valence-electron chi connectivity index (χ1n) is 8.95. The van der Waals surface area contributed by atoms with E-state index in [0.29, 0.717) is 11.4 Å². The van der Waals surface area contributed by atoms with Gasteiger partial charge in [-0.05, 0) is 18.2 Å². The van der Waals surface area contributed by atoms with E-state index in [9.17, 15) is 4.79 Å². The van der Waals surface area contributed by atoms with Crippen LogP contribution in [0.15, 0.2) is 54.6 Å². The fourth-order valence-electron chi connectivity index (χ4n) is 3.35. The van der Waals surface area contributed by atoms with Gasteiger partial charge in [-0.1, -0.05) is 48.0 Å². The molecule has 25 heavy (non-hydrogen) atoms. The normalized spacial score (nSPS) is 20.2. The van der Waals surface area contributed by atoms with Gasteiger partial charge in [-0.15, -0.1) is 0 Å². The highest BCUT2D eigenvalue weighted by molar-refractivity contribution is 6.30. The van der Waals surface area contributed by atoms with Crippen molar-refractivity contribution in [1.29, 1.82) is 0 Å². The number of rotatable bonds is 6. The smallest absolute Gasteiger partial charge is 0.230 e. The van der Waals surface area contributed by atoms with Crippen LogP contribution in [0.25, 0.3) is 0 Å². The van der Waals surface area contributed by atoms with Gasteiger partial charge in [0.15, 0.2) is 0 Å². The van der Waals surface area contributed by atoms with Gasteiger partial charge in [0.05, 0.1) is 13.0 Å². The molecule has 1 fully saturated rings. The van der Waals surface area contributed by atoms with Crippen molar-refractivity contribution in [3.8, 4) is 0 Å². The molecule has 2 aromatic rings. The standard InChI is InChI=1S/C20H24ClN3O/c21-18-7-4-8-19(15-18)22-20(25)9-10-23-11-13-24(14-12-23)16-17-5-2-1-3-6-17/h1-8,15H,9-14,16H2,(H,22,25)/p+2. The van der Waals surface area contributed by atoms with E-state index in [1.54, 1.807) is 17.0 Å². The average molecular weight is 360 g/mol. The lowest BCUT2D eigenvalue weighted by Gasteiger charge is -2.29. The number of halogens is 1. The minimum atomic E-state index is 0.0637. The van der Waals surface area contributed by atoms with Gasteiger partial charge < -0.3 is 15.1 Å². The molecule has 3 N–H and O–H groups in total. The maximum atomic E-state index is 12.1. The molecule has 0 aromatic heterocycles. The van der Waals surface area contributed by atoms with Crippen molar-refractivity contribution >= 4 is 23.2 Å². The van der Waals surface area contributed by atoms with E-state index in [1.807, 2.05) is 12.1 Å². The third-order valence-electron chi connectivity index (χ3n) is 4.78. The summed E-state index contributed by atoms with van der Waals surface area (Å²) in [6.07, 6.45) is 0.551. The van der Waals surface area contributed by atoms with Crippen molar-refractivity contribution in [3.63, 3.8) is 0 Å². The highest BCUT2D eigenvalue weighted by atomic mass is 35.5. The van der Waals surface area contributed by atoms with Gasteiger partial charge in [-0.3, -0.25) is 4.79 Å². The molecule has 5 heteroatoms. The van der Waals surface area contributed by atoms with Crippen LogP contribution in [0.3, 0.4) is 0 Å². The fourth-order valence-corrected chi connectivity index (χ4v) is 3.54. The molecule has 3 rings (SSSR count). The maximum Gasteiger partial charge on any atom is 0.230 e. The largest absolute Gasteiger partial charge is 0.326 e. The van der Waals surface area contributed by atoms with Crippen LogP contribution in [0.4, 0.5) is 5.69 Å². The molecule has 0 unspecified atom stereocenters. The Hall–Kier alpha value is -1.88. The third-order valence-corrected chi connectivity index (χ3v) is 5.01. The second kappa shape index (κ2) is 8.99. The first-order chi connectivity index (χ1) is 12.2. The van der Waals surface area contributed by atoms with Crippen molar-refractivity contribution < 1.29 is 14.6 Å². The monoisotopic (exact) mass is 359 g/mol. The zero-order valence-corrected chi connectivity index (χ0v) is 15.2. The van der Waals surface area contributed by atoms with Crippen molar-refractivity contribution in [3.05, 3.63) is 65.2 Å². The molecule has 132 valence electrons. The zero-order chi connectivity index (χ0) is 17.5. The number of nitrogens with one attached hydrogen (secondary N) is 3. The van der Waals surface area contributed by atoms with Crippen LogP contribution in [0.1, 0.15) is 12.0 Å². The molecule has 1 aliphatic rings. The predicted molar refractivity (Wildman–Crippen MR) is 101 cm³/mol. The summed E-state index contributed by atoms with van der Waals surface area (Å²) >= 11 is 5.94. The molecule has 0 bridgehead atoms. The number of carbonyl (C=O) groups is 1. The highest BCUT2D eigenvalue weighted by Crippen LogP contribution is 2.14. The molecule has 1 aliphatic heterocycles. The second-order valence-electron chi connectivity index (χ2n) is 6.72. The quantitative estimate of drug-likeness (QED) is 0.696. The van der Waals surface area contributed by atoms with Crippen LogP contribution in [0.2, 0.25) is 5.02 Å². The van der Waals surface area contributed by atoms with Gasteiger partial charge in [-0.25, -0.2) is 0 Å². The van der Waals surface area contributed by atoms with Gasteiger partial charge in [0.25, 0.3) is 0 Å². The first-order valence-corrected chi connectivity index (χ1v) is 9.33. The summed E-state index contributed by atoms with van der Waals surface area (Å²) in [5, 5.41) is 3.56. The molecular formula is C20H26ClN3O+2. The molecule has 0 atom stereocenters. The van der Waals surface area contributed by atoms with Crippen LogP contribution < -0.4 is 15.1 Å². The number of carbonyl (C=O) groups excluding carboxylic acids is 1. The minimum absolute atomic E-state index is 0.0637. The SMILES string of the molecule is O=C(CC[NH+]1CC[NH+](Cc2ccccc2)CC1)Nc1cccc(Cl)c1. The lowest BCUT2D eigenvalue weighted by molar-refractivity contribution is -1.02. The number of benzene rings is 2. The minimum Gasteiger partial charge on any atom is -0.326 e.